The van der Waals surface area contributed by atoms with Gasteiger partial charge in [-0.2, -0.15) is 0 Å². The Morgan fingerprint density at radius 1 is 0.944 bits per heavy atom. The molecule has 8 heteroatoms. The summed E-state index contributed by atoms with van der Waals surface area (Å²) < 4.78 is 2.12. The number of amides is 1. The Labute approximate surface area is 227 Å². The molecule has 0 radical (unpaired) electrons. The molecule has 3 aromatic rings. The minimum atomic E-state index is -0.0847. The van der Waals surface area contributed by atoms with Gasteiger partial charge in [-0.1, -0.05) is 37.3 Å². The van der Waals surface area contributed by atoms with E-state index in [0.717, 1.165) is 62.8 Å². The molecular weight excluding hydrogens is 493 g/mol. The van der Waals surface area contributed by atoms with Crippen molar-refractivity contribution in [2.24, 2.45) is 0 Å². The van der Waals surface area contributed by atoms with Gasteiger partial charge in [0.2, 0.25) is 0 Å². The number of aromatic nitrogens is 2. The van der Waals surface area contributed by atoms with Gasteiger partial charge in [0, 0.05) is 57.1 Å². The highest BCUT2D eigenvalue weighted by molar-refractivity contribution is 5.93. The van der Waals surface area contributed by atoms with Crippen LogP contribution in [0.2, 0.25) is 0 Å². The second-order valence-electron chi connectivity index (χ2n) is 9.19. The Bertz CT molecular complexity index is 1120. The third-order valence-corrected chi connectivity index (χ3v) is 6.88. The number of anilines is 1. The maximum Gasteiger partial charge on any atom is 0.271 e. The van der Waals surface area contributed by atoms with Gasteiger partial charge in [0.15, 0.2) is 0 Å². The van der Waals surface area contributed by atoms with Crippen LogP contribution in [0.3, 0.4) is 0 Å². The molecule has 1 aliphatic rings. The number of hydrogen-bond acceptors (Lipinski definition) is 4. The van der Waals surface area contributed by atoms with Crippen LogP contribution < -0.4 is 10.2 Å². The van der Waals surface area contributed by atoms with Crippen molar-refractivity contribution < 1.29 is 4.79 Å². The van der Waals surface area contributed by atoms with Crippen LogP contribution >= 0.6 is 24.8 Å². The maximum atomic E-state index is 13.0. The molecule has 1 amide bonds. The summed E-state index contributed by atoms with van der Waals surface area (Å²) in [6.07, 6.45) is 1.83. The summed E-state index contributed by atoms with van der Waals surface area (Å²) in [7, 11) is 0. The molecule has 0 atom stereocenters. The first-order valence-corrected chi connectivity index (χ1v) is 12.4. The van der Waals surface area contributed by atoms with Crippen LogP contribution in [0.1, 0.15) is 46.5 Å². The highest BCUT2D eigenvalue weighted by atomic mass is 35.5. The molecule has 4 rings (SSSR count). The van der Waals surface area contributed by atoms with Gasteiger partial charge in [-0.25, -0.2) is 4.98 Å². The lowest BCUT2D eigenvalue weighted by Gasteiger charge is -2.37. The molecule has 1 saturated heterocycles. The SMILES string of the molecule is CCCc1nc(C(=O)NCCN2CCN(c3cccc(C)c3C)CC2)c(C)n1-c1ccccc1.Cl.Cl. The Kier molecular flexibility index (Phi) is 11.3. The fraction of sp³-hybridized carbons (Fsp3) is 0.429. The van der Waals surface area contributed by atoms with E-state index in [4.69, 9.17) is 4.98 Å². The van der Waals surface area contributed by atoms with E-state index < -0.39 is 0 Å². The molecule has 0 bridgehead atoms. The van der Waals surface area contributed by atoms with Crippen LogP contribution in [-0.2, 0) is 6.42 Å². The number of hydrogen-bond donors (Lipinski definition) is 1. The molecule has 1 aliphatic heterocycles. The van der Waals surface area contributed by atoms with Crippen LogP contribution in [-0.4, -0.2) is 59.6 Å². The van der Waals surface area contributed by atoms with E-state index >= 15 is 0 Å². The van der Waals surface area contributed by atoms with E-state index in [2.05, 4.69) is 70.8 Å². The van der Waals surface area contributed by atoms with Crippen molar-refractivity contribution in [3.8, 4) is 5.69 Å². The molecule has 196 valence electrons. The van der Waals surface area contributed by atoms with Crippen LogP contribution in [0.25, 0.3) is 5.69 Å². The number of halogens is 2. The van der Waals surface area contributed by atoms with Gasteiger partial charge in [-0.15, -0.1) is 24.8 Å². The van der Waals surface area contributed by atoms with E-state index in [1.807, 2.05) is 25.1 Å². The highest BCUT2D eigenvalue weighted by Gasteiger charge is 2.21. The smallest absolute Gasteiger partial charge is 0.271 e. The molecule has 1 fully saturated rings. The fourth-order valence-electron chi connectivity index (χ4n) is 4.79. The summed E-state index contributed by atoms with van der Waals surface area (Å²) >= 11 is 0. The number of para-hydroxylation sites is 1. The second kappa shape index (κ2) is 13.7. The predicted molar refractivity (Wildman–Crippen MR) is 154 cm³/mol. The number of carbonyl (C=O) groups is 1. The van der Waals surface area contributed by atoms with Crippen LogP contribution in [0.15, 0.2) is 48.5 Å². The lowest BCUT2D eigenvalue weighted by Crippen LogP contribution is -2.48. The zero-order valence-electron chi connectivity index (χ0n) is 21.8. The van der Waals surface area contributed by atoms with Gasteiger partial charge in [0.25, 0.3) is 5.91 Å². The minimum Gasteiger partial charge on any atom is -0.369 e. The zero-order valence-corrected chi connectivity index (χ0v) is 23.4. The van der Waals surface area contributed by atoms with Crippen molar-refractivity contribution in [1.29, 1.82) is 0 Å². The van der Waals surface area contributed by atoms with Crippen molar-refractivity contribution in [3.05, 3.63) is 76.9 Å². The standard InChI is InChI=1S/C28H37N5O.2ClH/c1-5-10-26-30-27(23(4)33(26)24-12-7-6-8-13-24)28(34)29-15-16-31-17-19-32(20-18-31)25-14-9-11-21(2)22(25)3;;/h6-9,11-14H,5,10,15-20H2,1-4H3,(H,29,34);2*1H. The summed E-state index contributed by atoms with van der Waals surface area (Å²) in [6.45, 7) is 14.0. The van der Waals surface area contributed by atoms with E-state index in [0.29, 0.717) is 12.2 Å². The average Bonchev–Trinajstić information content (AvgIpc) is 3.18. The van der Waals surface area contributed by atoms with Gasteiger partial charge in [0.05, 0.1) is 5.69 Å². The van der Waals surface area contributed by atoms with Crippen molar-refractivity contribution >= 4 is 36.4 Å². The molecule has 1 N–H and O–H groups in total. The number of nitrogens with one attached hydrogen (secondary N) is 1. The van der Waals surface area contributed by atoms with Crippen LogP contribution in [0, 0.1) is 20.8 Å². The third-order valence-electron chi connectivity index (χ3n) is 6.88. The molecule has 6 nitrogen and oxygen atoms in total. The monoisotopic (exact) mass is 531 g/mol. The summed E-state index contributed by atoms with van der Waals surface area (Å²) in [5, 5.41) is 3.11. The predicted octanol–water partition coefficient (Wildman–Crippen LogP) is 5.15. The van der Waals surface area contributed by atoms with Gasteiger partial charge in [0.1, 0.15) is 11.5 Å². The summed E-state index contributed by atoms with van der Waals surface area (Å²) in [6, 6.07) is 16.7. The number of nitrogens with zero attached hydrogens (tertiary/aromatic N) is 4. The number of rotatable bonds is 8. The zero-order chi connectivity index (χ0) is 24.1. The molecule has 36 heavy (non-hydrogen) atoms. The van der Waals surface area contributed by atoms with Crippen LogP contribution in [0.4, 0.5) is 5.69 Å². The van der Waals surface area contributed by atoms with Crippen molar-refractivity contribution in [2.45, 2.75) is 40.5 Å². The molecule has 2 aromatic carbocycles. The summed E-state index contributed by atoms with van der Waals surface area (Å²) in [4.78, 5) is 22.6. The van der Waals surface area contributed by atoms with Crippen molar-refractivity contribution in [1.82, 2.24) is 19.8 Å². The Morgan fingerprint density at radius 3 is 2.31 bits per heavy atom. The quantitative estimate of drug-likeness (QED) is 0.436. The second-order valence-corrected chi connectivity index (χ2v) is 9.19. The largest absolute Gasteiger partial charge is 0.369 e. The van der Waals surface area contributed by atoms with Gasteiger partial charge in [-0.3, -0.25) is 9.69 Å². The Morgan fingerprint density at radius 2 is 1.64 bits per heavy atom. The van der Waals surface area contributed by atoms with Gasteiger partial charge in [-0.05, 0) is 56.5 Å². The Hall–Kier alpha value is -2.54. The number of imidazole rings is 1. The molecule has 0 spiro atoms. The third kappa shape index (κ3) is 6.61. The van der Waals surface area contributed by atoms with Gasteiger partial charge >= 0.3 is 0 Å². The molecule has 1 aromatic heterocycles. The lowest BCUT2D eigenvalue weighted by molar-refractivity contribution is 0.0942. The molecule has 2 heterocycles. The summed E-state index contributed by atoms with van der Waals surface area (Å²) in [5.74, 6) is 0.859. The number of piperazine rings is 1. The normalized spacial score (nSPS) is 13.6. The summed E-state index contributed by atoms with van der Waals surface area (Å²) in [5.41, 5.74) is 6.55. The highest BCUT2D eigenvalue weighted by Crippen LogP contribution is 2.24. The fourth-order valence-corrected chi connectivity index (χ4v) is 4.79. The first-order valence-electron chi connectivity index (χ1n) is 12.4. The topological polar surface area (TPSA) is 53.4 Å². The van der Waals surface area contributed by atoms with Crippen molar-refractivity contribution in [2.75, 3.05) is 44.2 Å². The minimum absolute atomic E-state index is 0. The van der Waals surface area contributed by atoms with E-state index in [1.165, 1.54) is 16.8 Å². The molecular formula is C28H39Cl2N5O. The number of benzene rings is 2. The average molecular weight is 533 g/mol. The van der Waals surface area contributed by atoms with E-state index in [-0.39, 0.29) is 30.7 Å². The number of aryl methyl sites for hydroxylation is 2. The molecule has 0 unspecified atom stereocenters. The van der Waals surface area contributed by atoms with Gasteiger partial charge < -0.3 is 14.8 Å². The van der Waals surface area contributed by atoms with E-state index in [1.54, 1.807) is 0 Å². The first kappa shape index (κ1) is 29.7. The first-order chi connectivity index (χ1) is 16.5. The number of carbonyl (C=O) groups excluding carboxylic acids is 1. The van der Waals surface area contributed by atoms with Crippen molar-refractivity contribution in [3.63, 3.8) is 0 Å². The maximum absolute atomic E-state index is 13.0. The Balaban J connectivity index is 0.00000228. The molecule has 0 aliphatic carbocycles. The van der Waals surface area contributed by atoms with Crippen LogP contribution in [0.5, 0.6) is 0 Å². The van der Waals surface area contributed by atoms with E-state index in [9.17, 15) is 4.79 Å². The molecule has 0 saturated carbocycles. The lowest BCUT2D eigenvalue weighted by atomic mass is 10.1.